The molecule has 27 heavy (non-hydrogen) atoms. The second kappa shape index (κ2) is 8.45. The molecular weight excluding hydrogens is 340 g/mol. The topological polar surface area (TPSA) is 76.2 Å². The van der Waals surface area contributed by atoms with Crippen molar-refractivity contribution < 1.29 is 9.66 Å². The van der Waals surface area contributed by atoms with Crippen LogP contribution in [0.25, 0.3) is 11.6 Å². The molecular formula is C22H16N2O3. The van der Waals surface area contributed by atoms with Crippen molar-refractivity contribution in [3.63, 3.8) is 0 Å². The third-order valence-corrected chi connectivity index (χ3v) is 3.97. The summed E-state index contributed by atoms with van der Waals surface area (Å²) in [5.74, 6) is 0.663. The number of allylic oxidation sites excluding steroid dienone is 1. The first-order valence-electron chi connectivity index (χ1n) is 8.30. The van der Waals surface area contributed by atoms with Gasteiger partial charge in [-0.1, -0.05) is 48.5 Å². The lowest BCUT2D eigenvalue weighted by molar-refractivity contribution is -0.384. The van der Waals surface area contributed by atoms with Gasteiger partial charge < -0.3 is 4.74 Å². The summed E-state index contributed by atoms with van der Waals surface area (Å²) in [5, 5.41) is 20.3. The fourth-order valence-electron chi connectivity index (χ4n) is 2.56. The van der Waals surface area contributed by atoms with Crippen LogP contribution in [0.15, 0.2) is 78.9 Å². The number of non-ortho nitro benzene ring substituents is 1. The van der Waals surface area contributed by atoms with E-state index in [1.54, 1.807) is 18.2 Å². The molecule has 0 heterocycles. The molecule has 0 aliphatic heterocycles. The van der Waals surface area contributed by atoms with Gasteiger partial charge >= 0.3 is 0 Å². The largest absolute Gasteiger partial charge is 0.488 e. The molecule has 0 unspecified atom stereocenters. The van der Waals surface area contributed by atoms with Crippen LogP contribution in [0.5, 0.6) is 5.75 Å². The van der Waals surface area contributed by atoms with E-state index in [0.29, 0.717) is 23.5 Å². The standard InChI is InChI=1S/C22H16N2O3/c23-15-20(18-10-12-21(13-11-18)24(25)26)14-19-8-4-5-9-22(19)27-16-17-6-2-1-3-7-17/h1-14H,16H2/b20-14-. The molecule has 0 aliphatic rings. The molecule has 0 radical (unpaired) electrons. The number of benzene rings is 3. The summed E-state index contributed by atoms with van der Waals surface area (Å²) in [6, 6.07) is 25.3. The van der Waals surface area contributed by atoms with Gasteiger partial charge in [-0.3, -0.25) is 10.1 Å². The number of nitriles is 1. The highest BCUT2D eigenvalue weighted by molar-refractivity contribution is 5.90. The van der Waals surface area contributed by atoms with Crippen molar-refractivity contribution in [3.8, 4) is 11.8 Å². The van der Waals surface area contributed by atoms with Gasteiger partial charge in [-0.25, -0.2) is 0 Å². The molecule has 5 heteroatoms. The third-order valence-electron chi connectivity index (χ3n) is 3.97. The van der Waals surface area contributed by atoms with Crippen LogP contribution in [0.3, 0.4) is 0 Å². The maximum atomic E-state index is 10.8. The minimum atomic E-state index is -0.466. The summed E-state index contributed by atoms with van der Waals surface area (Å²) in [6.07, 6.45) is 1.72. The summed E-state index contributed by atoms with van der Waals surface area (Å²) in [6.45, 7) is 0.422. The van der Waals surface area contributed by atoms with Crippen LogP contribution in [0.4, 0.5) is 5.69 Å². The lowest BCUT2D eigenvalue weighted by Crippen LogP contribution is -1.96. The summed E-state index contributed by atoms with van der Waals surface area (Å²) in [5.41, 5.74) is 2.82. The predicted molar refractivity (Wildman–Crippen MR) is 104 cm³/mol. The Bertz CT molecular complexity index is 1000. The Hall–Kier alpha value is -3.91. The van der Waals surface area contributed by atoms with Crippen LogP contribution in [0.1, 0.15) is 16.7 Å². The molecule has 0 bridgehead atoms. The second-order valence-corrected chi connectivity index (χ2v) is 5.79. The zero-order valence-corrected chi connectivity index (χ0v) is 14.4. The Kier molecular flexibility index (Phi) is 5.60. The fraction of sp³-hybridized carbons (Fsp3) is 0.0455. The van der Waals surface area contributed by atoms with E-state index < -0.39 is 4.92 Å². The molecule has 0 amide bonds. The van der Waals surface area contributed by atoms with Crippen molar-refractivity contribution >= 4 is 17.3 Å². The fourth-order valence-corrected chi connectivity index (χ4v) is 2.56. The van der Waals surface area contributed by atoms with Gasteiger partial charge in [0.15, 0.2) is 0 Å². The molecule has 5 nitrogen and oxygen atoms in total. The summed E-state index contributed by atoms with van der Waals surface area (Å²) < 4.78 is 5.91. The number of nitrogens with zero attached hydrogens (tertiary/aromatic N) is 2. The van der Waals surface area contributed by atoms with Crippen LogP contribution in [-0.4, -0.2) is 4.92 Å². The molecule has 3 aromatic rings. The number of rotatable bonds is 6. The quantitative estimate of drug-likeness (QED) is 0.262. The molecule has 3 aromatic carbocycles. The molecule has 0 spiro atoms. The van der Waals surface area contributed by atoms with E-state index in [2.05, 4.69) is 6.07 Å². The van der Waals surface area contributed by atoms with E-state index in [1.807, 2.05) is 54.6 Å². The van der Waals surface area contributed by atoms with Gasteiger partial charge in [0.2, 0.25) is 0 Å². The van der Waals surface area contributed by atoms with E-state index in [4.69, 9.17) is 4.74 Å². The number of para-hydroxylation sites is 1. The molecule has 0 fully saturated rings. The van der Waals surface area contributed by atoms with Gasteiger partial charge in [0.05, 0.1) is 16.6 Å². The molecule has 0 saturated carbocycles. The smallest absolute Gasteiger partial charge is 0.269 e. The Morgan fingerprint density at radius 3 is 2.33 bits per heavy atom. The molecule has 3 rings (SSSR count). The molecule has 0 saturated heterocycles. The van der Waals surface area contributed by atoms with E-state index >= 15 is 0 Å². The Labute approximate surface area is 156 Å². The van der Waals surface area contributed by atoms with Crippen LogP contribution in [0, 0.1) is 21.4 Å². The van der Waals surface area contributed by atoms with Crippen LogP contribution in [-0.2, 0) is 6.61 Å². The van der Waals surface area contributed by atoms with E-state index in [-0.39, 0.29) is 5.69 Å². The van der Waals surface area contributed by atoms with E-state index in [9.17, 15) is 15.4 Å². The van der Waals surface area contributed by atoms with Crippen LogP contribution in [0.2, 0.25) is 0 Å². The van der Waals surface area contributed by atoms with Crippen molar-refractivity contribution in [1.29, 1.82) is 5.26 Å². The third kappa shape index (κ3) is 4.59. The van der Waals surface area contributed by atoms with E-state index in [1.165, 1.54) is 12.1 Å². The molecule has 132 valence electrons. The Morgan fingerprint density at radius 2 is 1.67 bits per heavy atom. The predicted octanol–water partition coefficient (Wildman–Crippen LogP) is 5.24. The summed E-state index contributed by atoms with van der Waals surface area (Å²) >= 11 is 0. The maximum absolute atomic E-state index is 10.8. The second-order valence-electron chi connectivity index (χ2n) is 5.79. The normalized spacial score (nSPS) is 10.9. The first-order chi connectivity index (χ1) is 13.2. The number of hydrogen-bond donors (Lipinski definition) is 0. The molecule has 0 N–H and O–H groups in total. The highest BCUT2D eigenvalue weighted by Gasteiger charge is 2.08. The Balaban J connectivity index is 1.86. The van der Waals surface area contributed by atoms with E-state index in [0.717, 1.165) is 11.1 Å². The van der Waals surface area contributed by atoms with Gasteiger partial charge in [-0.15, -0.1) is 0 Å². The van der Waals surface area contributed by atoms with Crippen molar-refractivity contribution in [2.24, 2.45) is 0 Å². The summed E-state index contributed by atoms with van der Waals surface area (Å²) in [7, 11) is 0. The van der Waals surface area contributed by atoms with Gasteiger partial charge in [0.25, 0.3) is 5.69 Å². The molecule has 0 atom stereocenters. The molecule has 0 aliphatic carbocycles. The number of nitro benzene ring substituents is 1. The van der Waals surface area contributed by atoms with Crippen molar-refractivity contribution in [2.45, 2.75) is 6.61 Å². The van der Waals surface area contributed by atoms with Crippen LogP contribution >= 0.6 is 0 Å². The lowest BCUT2D eigenvalue weighted by Gasteiger charge is -2.10. The first kappa shape index (κ1) is 17.9. The Morgan fingerprint density at radius 1 is 1.00 bits per heavy atom. The average molecular weight is 356 g/mol. The summed E-state index contributed by atoms with van der Waals surface area (Å²) in [4.78, 5) is 10.3. The van der Waals surface area contributed by atoms with Gasteiger partial charge in [0, 0.05) is 17.7 Å². The zero-order valence-electron chi connectivity index (χ0n) is 14.4. The minimum Gasteiger partial charge on any atom is -0.488 e. The highest BCUT2D eigenvalue weighted by Crippen LogP contribution is 2.26. The van der Waals surface area contributed by atoms with Crippen LogP contribution < -0.4 is 4.74 Å². The maximum Gasteiger partial charge on any atom is 0.269 e. The monoisotopic (exact) mass is 356 g/mol. The number of hydrogen-bond acceptors (Lipinski definition) is 4. The average Bonchev–Trinajstić information content (AvgIpc) is 2.72. The highest BCUT2D eigenvalue weighted by atomic mass is 16.6. The molecule has 0 aromatic heterocycles. The number of nitro groups is 1. The zero-order chi connectivity index (χ0) is 19.1. The lowest BCUT2D eigenvalue weighted by atomic mass is 10.0. The minimum absolute atomic E-state index is 0.0114. The van der Waals surface area contributed by atoms with Gasteiger partial charge in [0.1, 0.15) is 12.4 Å². The number of ether oxygens (including phenoxy) is 1. The van der Waals surface area contributed by atoms with Gasteiger partial charge in [-0.2, -0.15) is 5.26 Å². The van der Waals surface area contributed by atoms with Crippen molar-refractivity contribution in [3.05, 3.63) is 106 Å². The van der Waals surface area contributed by atoms with Crippen molar-refractivity contribution in [1.82, 2.24) is 0 Å². The SMILES string of the molecule is N#C/C(=C/c1ccccc1OCc1ccccc1)c1ccc([N+](=O)[O-])cc1. The first-order valence-corrected chi connectivity index (χ1v) is 8.30. The van der Waals surface area contributed by atoms with Gasteiger partial charge in [-0.05, 0) is 35.4 Å². The van der Waals surface area contributed by atoms with Crippen molar-refractivity contribution in [2.75, 3.05) is 0 Å².